The predicted molar refractivity (Wildman–Crippen MR) is 116 cm³/mol. The summed E-state index contributed by atoms with van der Waals surface area (Å²) >= 11 is 5.84. The maximum Gasteiger partial charge on any atom is 0.173 e. The zero-order valence-electron chi connectivity index (χ0n) is 16.6. The molecule has 0 bridgehead atoms. The lowest BCUT2D eigenvalue weighted by Crippen LogP contribution is -2.38. The van der Waals surface area contributed by atoms with Crippen LogP contribution in [0.3, 0.4) is 0 Å². The summed E-state index contributed by atoms with van der Waals surface area (Å²) in [5.74, 6) is 0.626. The molecule has 2 aromatic rings. The summed E-state index contributed by atoms with van der Waals surface area (Å²) in [5.41, 5.74) is 4.70. The van der Waals surface area contributed by atoms with Crippen molar-refractivity contribution in [2.24, 2.45) is 5.92 Å². The Hall–Kier alpha value is -1.94. The van der Waals surface area contributed by atoms with Crippen LogP contribution in [-0.2, 0) is 6.42 Å². The van der Waals surface area contributed by atoms with Crippen LogP contribution in [0.1, 0.15) is 57.0 Å². The maximum atomic E-state index is 5.84. The molecule has 1 atom stereocenters. The van der Waals surface area contributed by atoms with Crippen LogP contribution in [0.5, 0.6) is 0 Å². The Labute approximate surface area is 163 Å². The highest BCUT2D eigenvalue weighted by Gasteiger charge is 2.21. The fourth-order valence-corrected chi connectivity index (χ4v) is 3.38. The summed E-state index contributed by atoms with van der Waals surface area (Å²) < 4.78 is 0. The number of nitrogens with one attached hydrogen (secondary N) is 1. The van der Waals surface area contributed by atoms with E-state index in [9.17, 15) is 0 Å². The van der Waals surface area contributed by atoms with Crippen molar-refractivity contribution in [3.8, 4) is 0 Å². The van der Waals surface area contributed by atoms with E-state index in [1.807, 2.05) is 18.3 Å². The Morgan fingerprint density at radius 2 is 1.92 bits per heavy atom. The molecule has 0 aliphatic rings. The van der Waals surface area contributed by atoms with E-state index in [1.165, 1.54) is 11.1 Å². The fourth-order valence-electron chi connectivity index (χ4n) is 3.03. The highest BCUT2D eigenvalue weighted by atomic mass is 32.1. The van der Waals surface area contributed by atoms with Gasteiger partial charge in [0.25, 0.3) is 0 Å². The lowest BCUT2D eigenvalue weighted by Gasteiger charge is -2.33. The summed E-state index contributed by atoms with van der Waals surface area (Å²) in [4.78, 5) is 6.81. The van der Waals surface area contributed by atoms with Crippen LogP contribution in [0.15, 0.2) is 42.6 Å². The maximum absolute atomic E-state index is 5.84. The number of hydrogen-bond acceptors (Lipinski definition) is 2. The highest BCUT2D eigenvalue weighted by molar-refractivity contribution is 7.80. The second-order valence-corrected chi connectivity index (χ2v) is 7.59. The quantitative estimate of drug-likeness (QED) is 0.628. The third-order valence-electron chi connectivity index (χ3n) is 4.76. The Balaban J connectivity index is 2.26. The molecule has 0 saturated carbocycles. The second-order valence-electron chi connectivity index (χ2n) is 7.20. The third kappa shape index (κ3) is 5.28. The van der Waals surface area contributed by atoms with E-state index in [-0.39, 0.29) is 6.04 Å². The van der Waals surface area contributed by atoms with Crippen LogP contribution in [0.4, 0.5) is 5.69 Å². The minimum Gasteiger partial charge on any atom is -0.341 e. The number of anilines is 1. The average molecular weight is 370 g/mol. The molecule has 1 N–H and O–H groups in total. The van der Waals surface area contributed by atoms with Gasteiger partial charge in [-0.1, -0.05) is 45.0 Å². The molecule has 0 amide bonds. The largest absolute Gasteiger partial charge is 0.341 e. The van der Waals surface area contributed by atoms with Gasteiger partial charge in [0.15, 0.2) is 5.11 Å². The number of rotatable bonds is 7. The van der Waals surface area contributed by atoms with Gasteiger partial charge < -0.3 is 10.2 Å². The summed E-state index contributed by atoms with van der Waals surface area (Å²) in [5, 5.41) is 4.30. The topological polar surface area (TPSA) is 28.2 Å². The smallest absolute Gasteiger partial charge is 0.173 e. The second kappa shape index (κ2) is 9.67. The molecule has 0 radical (unpaired) electrons. The van der Waals surface area contributed by atoms with E-state index < -0.39 is 0 Å². The predicted octanol–water partition coefficient (Wildman–Crippen LogP) is 5.76. The van der Waals surface area contributed by atoms with Gasteiger partial charge in [-0.15, -0.1) is 0 Å². The van der Waals surface area contributed by atoms with Gasteiger partial charge in [0.05, 0.1) is 11.7 Å². The Morgan fingerprint density at radius 1 is 1.15 bits per heavy atom. The van der Waals surface area contributed by atoms with E-state index >= 15 is 0 Å². The first-order valence-electron chi connectivity index (χ1n) is 9.51. The minimum atomic E-state index is 0.129. The molecule has 2 rings (SSSR count). The lowest BCUT2D eigenvalue weighted by atomic mass is 10.1. The van der Waals surface area contributed by atoms with Gasteiger partial charge >= 0.3 is 0 Å². The van der Waals surface area contributed by atoms with Gasteiger partial charge in [0, 0.05) is 18.4 Å². The van der Waals surface area contributed by atoms with Gasteiger partial charge in [-0.05, 0) is 68.1 Å². The summed E-state index contributed by atoms with van der Waals surface area (Å²) in [6.45, 7) is 11.9. The number of aromatic nitrogens is 1. The van der Waals surface area contributed by atoms with Crippen LogP contribution in [0, 0.1) is 12.8 Å². The van der Waals surface area contributed by atoms with Gasteiger partial charge in [-0.2, -0.15) is 0 Å². The average Bonchev–Trinajstić information content (AvgIpc) is 2.63. The van der Waals surface area contributed by atoms with Crippen LogP contribution in [0.2, 0.25) is 0 Å². The summed E-state index contributed by atoms with van der Waals surface area (Å²) in [7, 11) is 0. The van der Waals surface area contributed by atoms with Crippen LogP contribution < -0.4 is 5.32 Å². The summed E-state index contributed by atoms with van der Waals surface area (Å²) in [6, 6.07) is 12.6. The molecule has 0 saturated heterocycles. The number of benzene rings is 1. The molecule has 3 nitrogen and oxygen atoms in total. The van der Waals surface area contributed by atoms with E-state index in [4.69, 9.17) is 12.2 Å². The molecule has 140 valence electrons. The van der Waals surface area contributed by atoms with Crippen molar-refractivity contribution in [2.75, 3.05) is 11.9 Å². The lowest BCUT2D eigenvalue weighted by molar-refractivity contribution is 0.313. The molecule has 4 heteroatoms. The van der Waals surface area contributed by atoms with Crippen molar-refractivity contribution in [2.45, 2.75) is 53.5 Å². The SMILES string of the molecule is CCc1cccc(C)c1NC(=S)N(CCC(C)C)[C@@H](C)c1ccccn1. The number of pyridine rings is 1. The first-order chi connectivity index (χ1) is 12.4. The highest BCUT2D eigenvalue weighted by Crippen LogP contribution is 2.25. The van der Waals surface area contributed by atoms with Crippen LogP contribution in [0.25, 0.3) is 0 Å². The molecule has 1 aromatic carbocycles. The Kier molecular flexibility index (Phi) is 7.58. The van der Waals surface area contributed by atoms with Crippen molar-refractivity contribution in [1.82, 2.24) is 9.88 Å². The standard InChI is InChI=1S/C22H31N3S/c1-6-19-11-9-10-17(4)21(19)24-22(26)25(15-13-16(2)3)18(5)20-12-7-8-14-23-20/h7-12,14,16,18H,6,13,15H2,1-5H3,(H,24,26)/t18-/m0/s1. The Bertz CT molecular complexity index is 713. The first-order valence-corrected chi connectivity index (χ1v) is 9.91. The van der Waals surface area contributed by atoms with E-state index in [0.717, 1.165) is 35.9 Å². The van der Waals surface area contributed by atoms with Crippen LogP contribution >= 0.6 is 12.2 Å². The van der Waals surface area contributed by atoms with E-state index in [1.54, 1.807) is 0 Å². The summed E-state index contributed by atoms with van der Waals surface area (Å²) in [6.07, 6.45) is 3.92. The number of nitrogens with zero attached hydrogens (tertiary/aromatic N) is 2. The number of hydrogen-bond donors (Lipinski definition) is 1. The molecule has 26 heavy (non-hydrogen) atoms. The Morgan fingerprint density at radius 3 is 2.54 bits per heavy atom. The normalized spacial score (nSPS) is 12.1. The molecule has 0 unspecified atom stereocenters. The first kappa shape index (κ1) is 20.4. The minimum absolute atomic E-state index is 0.129. The zero-order chi connectivity index (χ0) is 19.1. The molecule has 0 aliphatic carbocycles. The molecule has 1 heterocycles. The molecular weight excluding hydrogens is 338 g/mol. The van der Waals surface area contributed by atoms with Crippen LogP contribution in [-0.4, -0.2) is 21.5 Å². The van der Waals surface area contributed by atoms with Gasteiger partial charge in [0.2, 0.25) is 0 Å². The molecule has 0 fully saturated rings. The van der Waals surface area contributed by atoms with Crippen molar-refractivity contribution in [3.05, 3.63) is 59.4 Å². The van der Waals surface area contributed by atoms with Gasteiger partial charge in [-0.25, -0.2) is 0 Å². The van der Waals surface area contributed by atoms with Gasteiger partial charge in [0.1, 0.15) is 0 Å². The number of aryl methyl sites for hydroxylation is 2. The number of para-hydroxylation sites is 1. The molecule has 0 spiro atoms. The monoisotopic (exact) mass is 369 g/mol. The molecular formula is C22H31N3S. The van der Waals surface area contributed by atoms with E-state index in [0.29, 0.717) is 5.92 Å². The van der Waals surface area contributed by atoms with Gasteiger partial charge in [-0.3, -0.25) is 4.98 Å². The fraction of sp³-hybridized carbons (Fsp3) is 0.455. The zero-order valence-corrected chi connectivity index (χ0v) is 17.4. The molecule has 1 aromatic heterocycles. The third-order valence-corrected chi connectivity index (χ3v) is 5.10. The van der Waals surface area contributed by atoms with Crippen molar-refractivity contribution in [1.29, 1.82) is 0 Å². The van der Waals surface area contributed by atoms with Crippen molar-refractivity contribution >= 4 is 23.0 Å². The molecule has 0 aliphatic heterocycles. The number of thiocarbonyl (C=S) groups is 1. The van der Waals surface area contributed by atoms with Crippen molar-refractivity contribution in [3.63, 3.8) is 0 Å². The van der Waals surface area contributed by atoms with E-state index in [2.05, 4.69) is 74.1 Å². The van der Waals surface area contributed by atoms with Crippen molar-refractivity contribution < 1.29 is 0 Å².